The summed E-state index contributed by atoms with van der Waals surface area (Å²) in [6, 6.07) is 11.2. The Morgan fingerprint density at radius 3 is 2.45 bits per heavy atom. The monoisotopic (exact) mass is 436 g/mol. The Hall–Kier alpha value is -3.56. The van der Waals surface area contributed by atoms with Crippen LogP contribution in [0.3, 0.4) is 0 Å². The summed E-state index contributed by atoms with van der Waals surface area (Å²) in [4.78, 5) is 37.9. The first kappa shape index (κ1) is 22.1. The van der Waals surface area contributed by atoms with E-state index >= 15 is 0 Å². The number of halogens is 3. The molecule has 7 nitrogen and oxygen atoms in total. The Kier molecular flexibility index (Phi) is 6.47. The molecule has 0 saturated carbocycles. The molecule has 0 aromatic heterocycles. The van der Waals surface area contributed by atoms with Crippen LogP contribution in [0.15, 0.2) is 48.5 Å². The van der Waals surface area contributed by atoms with Gasteiger partial charge in [-0.1, -0.05) is 12.1 Å². The van der Waals surface area contributed by atoms with E-state index in [0.29, 0.717) is 11.4 Å². The number of nitrogens with one attached hydrogen (secondary N) is 1. The standard InChI is InChI=1S/C21H19F3N2O5/c1-30-15-8-6-14(7-9-15)26-11-13(10-19(26)28)20(29)31-12-18(27)25-17-5-3-2-4-16(17)21(22,23)24/h2-9,13H,10-12H2,1H3,(H,25,27). The van der Waals surface area contributed by atoms with Crippen molar-refractivity contribution in [1.29, 1.82) is 0 Å². The molecule has 1 aliphatic rings. The second kappa shape index (κ2) is 9.07. The lowest BCUT2D eigenvalue weighted by Crippen LogP contribution is -2.28. The molecule has 164 valence electrons. The molecule has 10 heteroatoms. The lowest BCUT2D eigenvalue weighted by Gasteiger charge is -2.17. The summed E-state index contributed by atoms with van der Waals surface area (Å²) in [5, 5.41) is 2.09. The number of carbonyl (C=O) groups excluding carboxylic acids is 3. The molecule has 1 atom stereocenters. The number of esters is 1. The molecule has 31 heavy (non-hydrogen) atoms. The van der Waals surface area contributed by atoms with Crippen molar-refractivity contribution in [3.05, 3.63) is 54.1 Å². The second-order valence-corrected chi connectivity index (χ2v) is 6.80. The molecule has 2 amide bonds. The van der Waals surface area contributed by atoms with Crippen LogP contribution < -0.4 is 15.0 Å². The Morgan fingerprint density at radius 2 is 1.81 bits per heavy atom. The van der Waals surface area contributed by atoms with E-state index in [1.165, 1.54) is 24.1 Å². The Bertz CT molecular complexity index is 976. The highest BCUT2D eigenvalue weighted by Crippen LogP contribution is 2.34. The van der Waals surface area contributed by atoms with E-state index in [4.69, 9.17) is 9.47 Å². The maximum atomic E-state index is 13.0. The van der Waals surface area contributed by atoms with E-state index in [1.807, 2.05) is 0 Å². The van der Waals surface area contributed by atoms with Crippen molar-refractivity contribution in [2.75, 3.05) is 30.5 Å². The van der Waals surface area contributed by atoms with Gasteiger partial charge in [0.15, 0.2) is 6.61 Å². The van der Waals surface area contributed by atoms with Gasteiger partial charge in [0.1, 0.15) is 5.75 Å². The first-order valence-corrected chi connectivity index (χ1v) is 9.26. The number of para-hydroxylation sites is 1. The maximum absolute atomic E-state index is 13.0. The zero-order valence-electron chi connectivity index (χ0n) is 16.4. The fourth-order valence-corrected chi connectivity index (χ4v) is 3.16. The van der Waals surface area contributed by atoms with E-state index in [1.54, 1.807) is 24.3 Å². The van der Waals surface area contributed by atoms with Crippen LogP contribution in [0.2, 0.25) is 0 Å². The van der Waals surface area contributed by atoms with E-state index in [9.17, 15) is 27.6 Å². The SMILES string of the molecule is COc1ccc(N2CC(C(=O)OCC(=O)Nc3ccccc3C(F)(F)F)CC2=O)cc1. The van der Waals surface area contributed by atoms with Crippen molar-refractivity contribution in [3.63, 3.8) is 0 Å². The first-order valence-electron chi connectivity index (χ1n) is 9.26. The van der Waals surface area contributed by atoms with Crippen LogP contribution in [0.25, 0.3) is 0 Å². The largest absolute Gasteiger partial charge is 0.497 e. The number of alkyl halides is 3. The maximum Gasteiger partial charge on any atom is 0.418 e. The number of hydrogen-bond donors (Lipinski definition) is 1. The number of rotatable bonds is 6. The molecule has 1 N–H and O–H groups in total. The van der Waals surface area contributed by atoms with Crippen LogP contribution in [-0.2, 0) is 25.3 Å². The van der Waals surface area contributed by atoms with E-state index in [-0.39, 0.29) is 18.9 Å². The molecule has 2 aromatic carbocycles. The van der Waals surface area contributed by atoms with Crippen LogP contribution >= 0.6 is 0 Å². The summed E-state index contributed by atoms with van der Waals surface area (Å²) in [7, 11) is 1.51. The molecular weight excluding hydrogens is 417 g/mol. The smallest absolute Gasteiger partial charge is 0.418 e. The molecule has 0 radical (unpaired) electrons. The van der Waals surface area contributed by atoms with Crippen molar-refractivity contribution in [2.45, 2.75) is 12.6 Å². The van der Waals surface area contributed by atoms with E-state index in [2.05, 4.69) is 5.32 Å². The molecular formula is C21H19F3N2O5. The lowest BCUT2D eigenvalue weighted by atomic mass is 10.1. The molecule has 0 aliphatic carbocycles. The third kappa shape index (κ3) is 5.33. The zero-order valence-corrected chi connectivity index (χ0v) is 16.4. The molecule has 1 heterocycles. The molecule has 3 rings (SSSR count). The molecule has 1 aliphatic heterocycles. The van der Waals surface area contributed by atoms with E-state index in [0.717, 1.165) is 12.1 Å². The third-order valence-electron chi connectivity index (χ3n) is 4.69. The summed E-state index contributed by atoms with van der Waals surface area (Å²) in [5.41, 5.74) is -0.855. The van der Waals surface area contributed by atoms with Gasteiger partial charge >= 0.3 is 12.1 Å². The number of anilines is 2. The van der Waals surface area contributed by atoms with Crippen molar-refractivity contribution in [3.8, 4) is 5.75 Å². The van der Waals surface area contributed by atoms with Crippen LogP contribution in [0.5, 0.6) is 5.75 Å². The third-order valence-corrected chi connectivity index (χ3v) is 4.69. The van der Waals surface area contributed by atoms with Crippen molar-refractivity contribution in [1.82, 2.24) is 0 Å². The Morgan fingerprint density at radius 1 is 1.13 bits per heavy atom. The molecule has 2 aromatic rings. The number of hydrogen-bond acceptors (Lipinski definition) is 5. The van der Waals surface area contributed by atoms with Gasteiger partial charge in [0.05, 0.1) is 24.3 Å². The number of amides is 2. The van der Waals surface area contributed by atoms with Gasteiger partial charge in [-0.15, -0.1) is 0 Å². The molecule has 0 spiro atoms. The first-order chi connectivity index (χ1) is 14.7. The number of ether oxygens (including phenoxy) is 2. The highest BCUT2D eigenvalue weighted by atomic mass is 19.4. The highest BCUT2D eigenvalue weighted by molar-refractivity contribution is 6.00. The molecule has 0 bridgehead atoms. The van der Waals surface area contributed by atoms with Crippen LogP contribution in [0.4, 0.5) is 24.5 Å². The Balaban J connectivity index is 1.55. The van der Waals surface area contributed by atoms with Gasteiger partial charge in [0.2, 0.25) is 5.91 Å². The normalized spacial score (nSPS) is 16.2. The fraction of sp³-hybridized carbons (Fsp3) is 0.286. The fourth-order valence-electron chi connectivity index (χ4n) is 3.16. The van der Waals surface area contributed by atoms with Crippen molar-refractivity contribution in [2.24, 2.45) is 5.92 Å². The summed E-state index contributed by atoms with van der Waals surface area (Å²) in [5.74, 6) is -2.14. The summed E-state index contributed by atoms with van der Waals surface area (Å²) in [6.45, 7) is -0.694. The van der Waals surface area contributed by atoms with Crippen LogP contribution in [-0.4, -0.2) is 38.0 Å². The summed E-state index contributed by atoms with van der Waals surface area (Å²) >= 11 is 0. The highest BCUT2D eigenvalue weighted by Gasteiger charge is 2.37. The topological polar surface area (TPSA) is 84.9 Å². The summed E-state index contributed by atoms with van der Waals surface area (Å²) in [6.07, 6.45) is -4.74. The van der Waals surface area contributed by atoms with Gasteiger partial charge in [0.25, 0.3) is 5.91 Å². The van der Waals surface area contributed by atoms with E-state index < -0.39 is 41.8 Å². The molecule has 1 saturated heterocycles. The number of carbonyl (C=O) groups is 3. The average molecular weight is 436 g/mol. The molecule has 1 fully saturated rings. The predicted octanol–water partition coefficient (Wildman–Crippen LogP) is 3.25. The number of benzene rings is 2. The van der Waals surface area contributed by atoms with Crippen molar-refractivity contribution < 1.29 is 37.0 Å². The van der Waals surface area contributed by atoms with Gasteiger partial charge in [-0.3, -0.25) is 14.4 Å². The summed E-state index contributed by atoms with van der Waals surface area (Å²) < 4.78 is 49.0. The Labute approximate surface area is 175 Å². The van der Waals surface area contributed by atoms with Crippen LogP contribution in [0, 0.1) is 5.92 Å². The van der Waals surface area contributed by atoms with Gasteiger partial charge in [0, 0.05) is 18.7 Å². The number of nitrogens with zero attached hydrogens (tertiary/aromatic N) is 1. The minimum Gasteiger partial charge on any atom is -0.497 e. The number of methoxy groups -OCH3 is 1. The zero-order chi connectivity index (χ0) is 22.6. The predicted molar refractivity (Wildman–Crippen MR) is 104 cm³/mol. The minimum atomic E-state index is -4.64. The lowest BCUT2D eigenvalue weighted by molar-refractivity contribution is -0.151. The average Bonchev–Trinajstić information content (AvgIpc) is 3.13. The van der Waals surface area contributed by atoms with Crippen LogP contribution in [0.1, 0.15) is 12.0 Å². The van der Waals surface area contributed by atoms with Gasteiger partial charge < -0.3 is 19.7 Å². The second-order valence-electron chi connectivity index (χ2n) is 6.80. The van der Waals surface area contributed by atoms with Gasteiger partial charge in [-0.25, -0.2) is 0 Å². The minimum absolute atomic E-state index is 0.0719. The van der Waals surface area contributed by atoms with Crippen molar-refractivity contribution >= 4 is 29.2 Å². The van der Waals surface area contributed by atoms with Gasteiger partial charge in [-0.2, -0.15) is 13.2 Å². The van der Waals surface area contributed by atoms with Gasteiger partial charge in [-0.05, 0) is 36.4 Å². The quantitative estimate of drug-likeness (QED) is 0.703. The molecule has 1 unspecified atom stereocenters.